The van der Waals surface area contributed by atoms with E-state index in [0.717, 1.165) is 40.2 Å². The van der Waals surface area contributed by atoms with Crippen molar-refractivity contribution in [2.75, 3.05) is 13.2 Å². The number of benzene rings is 1. The van der Waals surface area contributed by atoms with Crippen LogP contribution in [0.1, 0.15) is 46.0 Å². The number of esters is 2. The van der Waals surface area contributed by atoms with Crippen LogP contribution in [0.4, 0.5) is 0 Å². The van der Waals surface area contributed by atoms with Gasteiger partial charge in [0.05, 0.1) is 29.9 Å². The van der Waals surface area contributed by atoms with Crippen molar-refractivity contribution in [2.45, 2.75) is 55.5 Å². The highest BCUT2D eigenvalue weighted by Crippen LogP contribution is 2.33. The van der Waals surface area contributed by atoms with E-state index in [4.69, 9.17) is 9.47 Å². The van der Waals surface area contributed by atoms with E-state index in [2.05, 4.69) is 4.98 Å². The molecule has 0 bridgehead atoms. The molecule has 0 radical (unpaired) electrons. The molecular weight excluding hydrogens is 370 g/mol. The summed E-state index contributed by atoms with van der Waals surface area (Å²) in [6.07, 6.45) is 3.53. The largest absolute Gasteiger partial charge is 0.466 e. The molecule has 5 nitrogen and oxygen atoms in total. The SMILES string of the molecule is CCCCOC(=O)CC(Sc1nc2ccccc2s1)C(=O)OCCCC. The molecule has 0 saturated carbocycles. The smallest absolute Gasteiger partial charge is 0.320 e. The first-order valence-corrected chi connectivity index (χ1v) is 10.7. The van der Waals surface area contributed by atoms with Crippen molar-refractivity contribution < 1.29 is 19.1 Å². The topological polar surface area (TPSA) is 65.5 Å². The zero-order valence-electron chi connectivity index (χ0n) is 15.2. The second-order valence-corrected chi connectivity index (χ2v) is 8.33. The normalized spacial score (nSPS) is 12.1. The quantitative estimate of drug-likeness (QED) is 0.308. The molecule has 2 aromatic rings. The van der Waals surface area contributed by atoms with Gasteiger partial charge in [-0.1, -0.05) is 50.6 Å². The number of aromatic nitrogens is 1. The molecule has 1 aromatic heterocycles. The second kappa shape index (κ2) is 11.2. The Labute approximate surface area is 162 Å². The summed E-state index contributed by atoms with van der Waals surface area (Å²) in [6, 6.07) is 7.81. The van der Waals surface area contributed by atoms with Crippen LogP contribution in [0.5, 0.6) is 0 Å². The number of ether oxygens (including phenoxy) is 2. The van der Waals surface area contributed by atoms with Gasteiger partial charge in [-0.15, -0.1) is 11.3 Å². The highest BCUT2D eigenvalue weighted by atomic mass is 32.2. The van der Waals surface area contributed by atoms with E-state index in [1.807, 2.05) is 38.1 Å². The van der Waals surface area contributed by atoms with E-state index >= 15 is 0 Å². The van der Waals surface area contributed by atoms with Crippen LogP contribution in [0.2, 0.25) is 0 Å². The Kier molecular flexibility index (Phi) is 8.91. The van der Waals surface area contributed by atoms with Gasteiger partial charge in [-0.25, -0.2) is 4.98 Å². The van der Waals surface area contributed by atoms with Gasteiger partial charge >= 0.3 is 11.9 Å². The molecular formula is C19H25NO4S2. The van der Waals surface area contributed by atoms with Crippen LogP contribution < -0.4 is 0 Å². The average Bonchev–Trinajstić information content (AvgIpc) is 3.04. The van der Waals surface area contributed by atoms with Gasteiger partial charge in [0.25, 0.3) is 0 Å². The van der Waals surface area contributed by atoms with Crippen LogP contribution in [0.25, 0.3) is 10.2 Å². The molecule has 0 aliphatic rings. The molecule has 2 rings (SSSR count). The van der Waals surface area contributed by atoms with Crippen LogP contribution >= 0.6 is 23.1 Å². The van der Waals surface area contributed by atoms with E-state index in [-0.39, 0.29) is 18.4 Å². The number of thiazole rings is 1. The molecule has 0 saturated heterocycles. The number of unbranched alkanes of at least 4 members (excludes halogenated alkanes) is 2. The summed E-state index contributed by atoms with van der Waals surface area (Å²) in [5.41, 5.74) is 0.892. The van der Waals surface area contributed by atoms with E-state index in [9.17, 15) is 9.59 Å². The highest BCUT2D eigenvalue weighted by molar-refractivity contribution is 8.02. The Morgan fingerprint density at radius 2 is 1.81 bits per heavy atom. The predicted molar refractivity (Wildman–Crippen MR) is 106 cm³/mol. The Bertz CT molecular complexity index is 683. The maximum absolute atomic E-state index is 12.4. The zero-order valence-corrected chi connectivity index (χ0v) is 16.9. The molecule has 0 aliphatic carbocycles. The third kappa shape index (κ3) is 6.61. The molecule has 0 aliphatic heterocycles. The summed E-state index contributed by atoms with van der Waals surface area (Å²) in [4.78, 5) is 29.0. The number of hydrogen-bond acceptors (Lipinski definition) is 7. The lowest BCUT2D eigenvalue weighted by molar-refractivity contribution is -0.149. The third-order valence-corrected chi connectivity index (χ3v) is 5.94. The van der Waals surface area contributed by atoms with E-state index in [0.29, 0.717) is 13.2 Å². The number of fused-ring (bicyclic) bond motifs is 1. The molecule has 1 atom stereocenters. The van der Waals surface area contributed by atoms with Crippen molar-refractivity contribution in [1.82, 2.24) is 4.98 Å². The lowest BCUT2D eigenvalue weighted by atomic mass is 10.3. The van der Waals surface area contributed by atoms with Gasteiger partial charge in [-0.2, -0.15) is 0 Å². The monoisotopic (exact) mass is 395 g/mol. The van der Waals surface area contributed by atoms with Crippen molar-refractivity contribution in [3.05, 3.63) is 24.3 Å². The molecule has 0 N–H and O–H groups in total. The van der Waals surface area contributed by atoms with Crippen LogP contribution in [-0.2, 0) is 19.1 Å². The maximum Gasteiger partial charge on any atom is 0.320 e. The number of carbonyl (C=O) groups excluding carboxylic acids is 2. The van der Waals surface area contributed by atoms with Crippen molar-refractivity contribution in [3.8, 4) is 0 Å². The molecule has 26 heavy (non-hydrogen) atoms. The first-order chi connectivity index (χ1) is 12.6. The van der Waals surface area contributed by atoms with Crippen LogP contribution in [0, 0.1) is 0 Å². The van der Waals surface area contributed by atoms with Crippen molar-refractivity contribution in [1.29, 1.82) is 0 Å². The van der Waals surface area contributed by atoms with Crippen LogP contribution in [0.15, 0.2) is 28.6 Å². The predicted octanol–water partition coefficient (Wildman–Crippen LogP) is 4.83. The molecule has 1 unspecified atom stereocenters. The highest BCUT2D eigenvalue weighted by Gasteiger charge is 2.27. The molecule has 1 heterocycles. The Balaban J connectivity index is 2.03. The lowest BCUT2D eigenvalue weighted by Gasteiger charge is -2.14. The molecule has 1 aromatic carbocycles. The Morgan fingerprint density at radius 3 is 2.50 bits per heavy atom. The van der Waals surface area contributed by atoms with E-state index in [1.165, 1.54) is 23.1 Å². The number of rotatable bonds is 11. The number of nitrogens with zero attached hydrogens (tertiary/aromatic N) is 1. The fraction of sp³-hybridized carbons (Fsp3) is 0.526. The Hall–Kier alpha value is -1.60. The van der Waals surface area contributed by atoms with Crippen LogP contribution in [0.3, 0.4) is 0 Å². The van der Waals surface area contributed by atoms with Gasteiger partial charge in [-0.05, 0) is 25.0 Å². The summed E-state index contributed by atoms with van der Waals surface area (Å²) in [5, 5.41) is -0.637. The average molecular weight is 396 g/mol. The summed E-state index contributed by atoms with van der Waals surface area (Å²) >= 11 is 2.79. The van der Waals surface area contributed by atoms with E-state index < -0.39 is 5.25 Å². The maximum atomic E-state index is 12.4. The first-order valence-electron chi connectivity index (χ1n) is 8.98. The number of hydrogen-bond donors (Lipinski definition) is 0. The van der Waals surface area contributed by atoms with Gasteiger partial charge in [0.15, 0.2) is 4.34 Å². The van der Waals surface area contributed by atoms with Gasteiger partial charge in [0.2, 0.25) is 0 Å². The van der Waals surface area contributed by atoms with Crippen LogP contribution in [-0.4, -0.2) is 35.4 Å². The van der Waals surface area contributed by atoms with Gasteiger partial charge in [0, 0.05) is 0 Å². The van der Waals surface area contributed by atoms with E-state index in [1.54, 1.807) is 0 Å². The summed E-state index contributed by atoms with van der Waals surface area (Å²) < 4.78 is 12.3. The minimum Gasteiger partial charge on any atom is -0.466 e. The summed E-state index contributed by atoms with van der Waals surface area (Å²) in [5.74, 6) is -0.750. The molecule has 0 fully saturated rings. The molecule has 0 amide bonds. The third-order valence-electron chi connectivity index (χ3n) is 3.64. The number of carbonyl (C=O) groups is 2. The minimum atomic E-state index is -0.637. The standard InChI is InChI=1S/C19H25NO4S2/c1-3-5-11-23-17(21)13-16(18(22)24-12-6-4-2)26-19-20-14-9-7-8-10-15(14)25-19/h7-10,16H,3-6,11-13H2,1-2H3. The number of thioether (sulfide) groups is 1. The lowest BCUT2D eigenvalue weighted by Crippen LogP contribution is -2.25. The van der Waals surface area contributed by atoms with Crippen molar-refractivity contribution in [3.63, 3.8) is 0 Å². The molecule has 7 heteroatoms. The first kappa shape index (κ1) is 20.7. The van der Waals surface area contributed by atoms with Gasteiger partial charge < -0.3 is 9.47 Å². The molecule has 142 valence electrons. The van der Waals surface area contributed by atoms with Gasteiger partial charge in [-0.3, -0.25) is 9.59 Å². The van der Waals surface area contributed by atoms with Crippen molar-refractivity contribution in [2.24, 2.45) is 0 Å². The second-order valence-electron chi connectivity index (χ2n) is 5.85. The molecule has 0 spiro atoms. The summed E-state index contributed by atoms with van der Waals surface area (Å²) in [7, 11) is 0. The fourth-order valence-corrected chi connectivity index (χ4v) is 4.43. The van der Waals surface area contributed by atoms with Crippen molar-refractivity contribution >= 4 is 45.3 Å². The summed E-state index contributed by atoms with van der Waals surface area (Å²) in [6.45, 7) is 4.83. The minimum absolute atomic E-state index is 0.00470. The van der Waals surface area contributed by atoms with Gasteiger partial charge in [0.1, 0.15) is 5.25 Å². The Morgan fingerprint density at radius 1 is 1.12 bits per heavy atom. The number of para-hydroxylation sites is 1. The zero-order chi connectivity index (χ0) is 18.8. The fourth-order valence-electron chi connectivity index (χ4n) is 2.15.